The summed E-state index contributed by atoms with van der Waals surface area (Å²) in [4.78, 5) is 4.98. The summed E-state index contributed by atoms with van der Waals surface area (Å²) < 4.78 is 35.0. The van der Waals surface area contributed by atoms with Crippen LogP contribution in [0.3, 0.4) is 0 Å². The Kier molecular flexibility index (Phi) is 4.68. The fraction of sp³-hybridized carbons (Fsp3) is 0.200. The predicted octanol–water partition coefficient (Wildman–Crippen LogP) is 0.623. The van der Waals surface area contributed by atoms with E-state index in [2.05, 4.69) is 21.2 Å². The number of hydrogen-bond acceptors (Lipinski definition) is 7. The molecule has 0 aliphatic carbocycles. The average molecular weight is 383 g/mol. The van der Waals surface area contributed by atoms with Crippen molar-refractivity contribution in [2.45, 2.75) is 0 Å². The summed E-state index contributed by atoms with van der Waals surface area (Å²) in [7, 11) is -3.60. The van der Waals surface area contributed by atoms with Crippen LogP contribution >= 0.6 is 15.9 Å². The van der Waals surface area contributed by atoms with Crippen molar-refractivity contribution in [1.29, 1.82) is 0 Å². The van der Waals surface area contributed by atoms with Crippen molar-refractivity contribution >= 4 is 31.6 Å². The second-order valence-corrected chi connectivity index (χ2v) is 6.68. The first-order chi connectivity index (χ1) is 9.76. The van der Waals surface area contributed by atoms with Crippen LogP contribution in [0, 0.1) is 5.82 Å². The molecule has 0 unspecified atom stereocenters. The van der Waals surface area contributed by atoms with E-state index in [1.54, 1.807) is 0 Å². The Bertz CT molecular complexity index is 669. The van der Waals surface area contributed by atoms with Gasteiger partial charge in [0.25, 0.3) is 0 Å². The zero-order chi connectivity index (χ0) is 15.6. The van der Waals surface area contributed by atoms with Crippen molar-refractivity contribution in [2.75, 3.05) is 17.4 Å². The van der Waals surface area contributed by atoms with Crippen molar-refractivity contribution in [3.05, 3.63) is 40.5 Å². The molecule has 11 heteroatoms. The molecular weight excluding hydrogens is 371 g/mol. The Hall–Kier alpha value is -1.40. The van der Waals surface area contributed by atoms with Crippen LogP contribution in [-0.4, -0.2) is 31.1 Å². The maximum atomic E-state index is 13.2. The number of hydroxylamine groups is 3. The smallest absolute Gasteiger partial charge is 0.210 e. The van der Waals surface area contributed by atoms with Crippen LogP contribution in [0.15, 0.2) is 34.7 Å². The minimum absolute atomic E-state index is 0.00790. The third kappa shape index (κ3) is 4.28. The molecule has 0 radical (unpaired) electrons. The zero-order valence-electron chi connectivity index (χ0n) is 10.5. The van der Waals surface area contributed by atoms with Crippen molar-refractivity contribution in [2.24, 2.45) is 5.14 Å². The van der Waals surface area contributed by atoms with Gasteiger partial charge in [-0.3, -0.25) is 5.21 Å². The SMILES string of the molecule is NS(=O)(=O)CCNC1=CN(c2ccc(F)c(Br)c2)ON1O. The van der Waals surface area contributed by atoms with Gasteiger partial charge in [0.1, 0.15) is 5.82 Å². The van der Waals surface area contributed by atoms with E-state index in [1.165, 1.54) is 29.5 Å². The van der Waals surface area contributed by atoms with Gasteiger partial charge in [-0.25, -0.2) is 17.9 Å². The summed E-state index contributed by atoms with van der Waals surface area (Å²) in [5, 5.41) is 18.6. The second-order valence-electron chi connectivity index (χ2n) is 4.09. The molecule has 1 aliphatic rings. The first-order valence-corrected chi connectivity index (χ1v) is 8.14. The Morgan fingerprint density at radius 2 is 2.19 bits per heavy atom. The molecule has 8 nitrogen and oxygen atoms in total. The Labute approximate surface area is 128 Å². The Balaban J connectivity index is 2.05. The number of sulfonamides is 1. The van der Waals surface area contributed by atoms with Crippen LogP contribution in [0.4, 0.5) is 10.1 Å². The molecule has 1 aliphatic heterocycles. The van der Waals surface area contributed by atoms with Gasteiger partial charge in [-0.15, -0.1) is 4.94 Å². The van der Waals surface area contributed by atoms with Crippen LogP contribution in [0.1, 0.15) is 0 Å². The molecule has 116 valence electrons. The van der Waals surface area contributed by atoms with Gasteiger partial charge in [0.2, 0.25) is 10.0 Å². The maximum absolute atomic E-state index is 13.2. The molecule has 0 aromatic heterocycles. The number of nitrogens with zero attached hydrogens (tertiary/aromatic N) is 2. The first-order valence-electron chi connectivity index (χ1n) is 5.64. The largest absolute Gasteiger partial charge is 0.365 e. The van der Waals surface area contributed by atoms with Gasteiger partial charge in [0, 0.05) is 6.54 Å². The summed E-state index contributed by atoms with van der Waals surface area (Å²) in [6.45, 7) is -0.00790. The average Bonchev–Trinajstić information content (AvgIpc) is 2.73. The lowest BCUT2D eigenvalue weighted by Crippen LogP contribution is -2.31. The van der Waals surface area contributed by atoms with E-state index in [4.69, 9.17) is 10.1 Å². The van der Waals surface area contributed by atoms with Gasteiger partial charge < -0.3 is 5.32 Å². The zero-order valence-corrected chi connectivity index (χ0v) is 12.9. The fourth-order valence-electron chi connectivity index (χ4n) is 1.49. The molecule has 4 N–H and O–H groups in total. The van der Waals surface area contributed by atoms with E-state index < -0.39 is 15.8 Å². The number of benzene rings is 1. The van der Waals surface area contributed by atoms with Gasteiger partial charge in [-0.1, -0.05) is 5.23 Å². The van der Waals surface area contributed by atoms with Crippen LogP contribution < -0.4 is 15.5 Å². The summed E-state index contributed by atoms with van der Waals surface area (Å²) >= 11 is 3.04. The quantitative estimate of drug-likeness (QED) is 0.684. The van der Waals surface area contributed by atoms with Crippen molar-refractivity contribution < 1.29 is 23.0 Å². The van der Waals surface area contributed by atoms with Crippen molar-refractivity contribution in [1.82, 2.24) is 10.5 Å². The number of primary sulfonamides is 1. The third-order valence-corrected chi connectivity index (χ3v) is 3.84. The highest BCUT2D eigenvalue weighted by molar-refractivity contribution is 9.10. The monoisotopic (exact) mass is 382 g/mol. The maximum Gasteiger partial charge on any atom is 0.210 e. The van der Waals surface area contributed by atoms with Gasteiger partial charge in [0.15, 0.2) is 5.82 Å². The molecule has 1 heterocycles. The standard InChI is InChI=1S/C10H12BrFN4O4S/c11-8-5-7(1-2-9(8)12)15-6-10(16(17)20-15)14-3-4-21(13,18)19/h1-2,5-6,14,17H,3-4H2,(H2,13,18,19). The van der Waals surface area contributed by atoms with Gasteiger partial charge in [-0.2, -0.15) is 5.06 Å². The van der Waals surface area contributed by atoms with E-state index in [0.717, 1.165) is 0 Å². The molecule has 0 saturated heterocycles. The number of halogens is 2. The van der Waals surface area contributed by atoms with Gasteiger partial charge in [-0.05, 0) is 34.1 Å². The Morgan fingerprint density at radius 3 is 2.81 bits per heavy atom. The van der Waals surface area contributed by atoms with Crippen LogP contribution in [0.5, 0.6) is 0 Å². The number of rotatable bonds is 5. The molecule has 2 rings (SSSR count). The molecule has 0 spiro atoms. The van der Waals surface area contributed by atoms with E-state index in [1.807, 2.05) is 0 Å². The number of anilines is 1. The van der Waals surface area contributed by atoms with Crippen LogP contribution in [0.25, 0.3) is 0 Å². The summed E-state index contributed by atoms with van der Waals surface area (Å²) in [5.41, 5.74) is 0.450. The summed E-state index contributed by atoms with van der Waals surface area (Å²) in [6.07, 6.45) is 1.36. The lowest BCUT2D eigenvalue weighted by atomic mass is 10.3. The van der Waals surface area contributed by atoms with E-state index in [-0.39, 0.29) is 22.6 Å². The molecule has 0 saturated carbocycles. The lowest BCUT2D eigenvalue weighted by Gasteiger charge is -2.16. The van der Waals surface area contributed by atoms with Crippen molar-refractivity contribution in [3.63, 3.8) is 0 Å². The predicted molar refractivity (Wildman–Crippen MR) is 75.3 cm³/mol. The number of nitrogens with one attached hydrogen (secondary N) is 1. The van der Waals surface area contributed by atoms with Crippen LogP contribution in [-0.2, 0) is 15.0 Å². The molecule has 0 atom stereocenters. The van der Waals surface area contributed by atoms with Gasteiger partial charge >= 0.3 is 0 Å². The Morgan fingerprint density at radius 1 is 1.48 bits per heavy atom. The molecule has 21 heavy (non-hydrogen) atoms. The highest BCUT2D eigenvalue weighted by atomic mass is 79.9. The molecular formula is C10H12BrFN4O4S. The normalized spacial score (nSPS) is 15.3. The number of nitrogens with two attached hydrogens (primary N) is 1. The van der Waals surface area contributed by atoms with Gasteiger partial charge in [0.05, 0.1) is 22.1 Å². The lowest BCUT2D eigenvalue weighted by molar-refractivity contribution is -0.306. The molecule has 1 aromatic rings. The summed E-state index contributed by atoms with van der Waals surface area (Å²) in [5.74, 6) is -0.631. The minimum atomic E-state index is -3.60. The topological polar surface area (TPSA) is 108 Å². The number of hydrogen-bond donors (Lipinski definition) is 3. The highest BCUT2D eigenvalue weighted by Gasteiger charge is 2.23. The second kappa shape index (κ2) is 6.15. The third-order valence-electron chi connectivity index (χ3n) is 2.46. The molecule has 0 fully saturated rings. The molecule has 0 amide bonds. The summed E-state index contributed by atoms with van der Waals surface area (Å²) in [6, 6.07) is 4.12. The van der Waals surface area contributed by atoms with E-state index in [0.29, 0.717) is 10.9 Å². The van der Waals surface area contributed by atoms with Crippen LogP contribution in [0.2, 0.25) is 0 Å². The van der Waals surface area contributed by atoms with E-state index in [9.17, 15) is 18.0 Å². The molecule has 1 aromatic carbocycles. The molecule has 0 bridgehead atoms. The highest BCUT2D eigenvalue weighted by Crippen LogP contribution is 2.26. The minimum Gasteiger partial charge on any atom is -0.365 e. The van der Waals surface area contributed by atoms with E-state index >= 15 is 0 Å². The first kappa shape index (κ1) is 16.0. The fourth-order valence-corrected chi connectivity index (χ4v) is 2.24. The van der Waals surface area contributed by atoms with Crippen molar-refractivity contribution in [3.8, 4) is 0 Å².